The third-order valence-corrected chi connectivity index (χ3v) is 3.05. The van der Waals surface area contributed by atoms with Crippen molar-refractivity contribution in [2.75, 3.05) is 13.2 Å². The lowest BCUT2D eigenvalue weighted by atomic mass is 9.97. The second-order valence-corrected chi connectivity index (χ2v) is 5.05. The Bertz CT molecular complexity index is 231. The van der Waals surface area contributed by atoms with Gasteiger partial charge in [0.1, 0.15) is 0 Å². The fourth-order valence-electron chi connectivity index (χ4n) is 2.16. The van der Waals surface area contributed by atoms with Crippen molar-refractivity contribution in [3.63, 3.8) is 0 Å². The Hall–Kier alpha value is -0.770. The maximum Gasteiger partial charge on any atom is 0.410 e. The lowest BCUT2D eigenvalue weighted by Gasteiger charge is -2.39. The van der Waals surface area contributed by atoms with Crippen LogP contribution in [0.5, 0.6) is 0 Å². The number of nitrogens with zero attached hydrogens (tertiary/aromatic N) is 1. The summed E-state index contributed by atoms with van der Waals surface area (Å²) in [5, 5.41) is 0. The number of likely N-dealkylation sites (tertiary alicyclic amines) is 1. The molecule has 1 fully saturated rings. The summed E-state index contributed by atoms with van der Waals surface area (Å²) in [6.45, 7) is 7.15. The predicted octanol–water partition coefficient (Wildman–Crippen LogP) is 1.98. The molecule has 4 nitrogen and oxygen atoms in total. The van der Waals surface area contributed by atoms with Gasteiger partial charge in [-0.2, -0.15) is 0 Å². The molecule has 1 aliphatic rings. The topological polar surface area (TPSA) is 55.6 Å². The first-order valence-corrected chi connectivity index (χ1v) is 6.21. The molecule has 2 atom stereocenters. The van der Waals surface area contributed by atoms with E-state index in [0.717, 1.165) is 19.3 Å². The van der Waals surface area contributed by atoms with Crippen molar-refractivity contribution in [2.24, 2.45) is 11.7 Å². The van der Waals surface area contributed by atoms with E-state index >= 15 is 0 Å². The fraction of sp³-hybridized carbons (Fsp3) is 0.917. The summed E-state index contributed by atoms with van der Waals surface area (Å²) in [6.07, 6.45) is 3.00. The molecule has 0 aliphatic carbocycles. The van der Waals surface area contributed by atoms with Crippen LogP contribution in [0.4, 0.5) is 4.79 Å². The zero-order valence-electron chi connectivity index (χ0n) is 10.6. The van der Waals surface area contributed by atoms with E-state index in [1.165, 1.54) is 0 Å². The van der Waals surface area contributed by atoms with E-state index in [0.29, 0.717) is 19.1 Å². The number of rotatable bonds is 3. The maximum atomic E-state index is 11.9. The second-order valence-electron chi connectivity index (χ2n) is 5.05. The molecule has 1 aliphatic heterocycles. The molecule has 0 aromatic carbocycles. The lowest BCUT2D eigenvalue weighted by molar-refractivity contribution is 0.0465. The maximum absolute atomic E-state index is 11.9. The summed E-state index contributed by atoms with van der Waals surface area (Å²) in [6, 6.07) is 0.408. The number of piperidine rings is 1. The highest BCUT2D eigenvalue weighted by Crippen LogP contribution is 2.23. The SMILES string of the molecule is CC(C)COC(=O)N1C(C)CCCC1CN. The van der Waals surface area contributed by atoms with Crippen molar-refractivity contribution in [3.05, 3.63) is 0 Å². The molecule has 0 bridgehead atoms. The van der Waals surface area contributed by atoms with Crippen molar-refractivity contribution >= 4 is 6.09 Å². The standard InChI is InChI=1S/C12H24N2O2/c1-9(2)8-16-12(15)14-10(3)5-4-6-11(14)7-13/h9-11H,4-8,13H2,1-3H3. The van der Waals surface area contributed by atoms with Gasteiger partial charge in [-0.05, 0) is 32.1 Å². The first-order valence-electron chi connectivity index (χ1n) is 6.21. The minimum atomic E-state index is -0.198. The average molecular weight is 228 g/mol. The Morgan fingerprint density at radius 1 is 1.50 bits per heavy atom. The van der Waals surface area contributed by atoms with Gasteiger partial charge in [-0.25, -0.2) is 4.79 Å². The molecule has 0 aromatic rings. The van der Waals surface area contributed by atoms with Gasteiger partial charge in [0.15, 0.2) is 0 Å². The first-order chi connectivity index (χ1) is 7.56. The molecule has 2 N–H and O–H groups in total. The molecule has 1 rings (SSSR count). The van der Waals surface area contributed by atoms with Gasteiger partial charge in [0, 0.05) is 18.6 Å². The molecule has 94 valence electrons. The van der Waals surface area contributed by atoms with E-state index in [1.807, 2.05) is 18.7 Å². The highest BCUT2D eigenvalue weighted by atomic mass is 16.6. The molecular formula is C12H24N2O2. The Labute approximate surface area is 98.1 Å². The van der Waals surface area contributed by atoms with E-state index in [4.69, 9.17) is 10.5 Å². The van der Waals surface area contributed by atoms with E-state index in [1.54, 1.807) is 0 Å². The summed E-state index contributed by atoms with van der Waals surface area (Å²) in [5.41, 5.74) is 5.70. The van der Waals surface area contributed by atoms with E-state index in [-0.39, 0.29) is 18.2 Å². The third-order valence-electron chi connectivity index (χ3n) is 3.05. The van der Waals surface area contributed by atoms with Crippen LogP contribution in [0.3, 0.4) is 0 Å². The molecule has 16 heavy (non-hydrogen) atoms. The second kappa shape index (κ2) is 6.09. The van der Waals surface area contributed by atoms with Gasteiger partial charge in [-0.1, -0.05) is 13.8 Å². The summed E-state index contributed by atoms with van der Waals surface area (Å²) in [7, 11) is 0. The zero-order chi connectivity index (χ0) is 12.1. The van der Waals surface area contributed by atoms with Crippen LogP contribution in [0, 0.1) is 5.92 Å². The minimum Gasteiger partial charge on any atom is -0.449 e. The summed E-state index contributed by atoms with van der Waals surface area (Å²) < 4.78 is 5.28. The Kier molecular flexibility index (Phi) is 5.06. The number of ether oxygens (including phenoxy) is 1. The summed E-state index contributed by atoms with van der Waals surface area (Å²) >= 11 is 0. The number of hydrogen-bond acceptors (Lipinski definition) is 3. The summed E-state index contributed by atoms with van der Waals surface area (Å²) in [4.78, 5) is 13.8. The van der Waals surface area contributed by atoms with E-state index < -0.39 is 0 Å². The van der Waals surface area contributed by atoms with Crippen molar-refractivity contribution in [2.45, 2.75) is 52.1 Å². The fourth-order valence-corrected chi connectivity index (χ4v) is 2.16. The average Bonchev–Trinajstić information content (AvgIpc) is 2.25. The van der Waals surface area contributed by atoms with Crippen molar-refractivity contribution in [3.8, 4) is 0 Å². The van der Waals surface area contributed by atoms with Crippen molar-refractivity contribution < 1.29 is 9.53 Å². The number of carbonyl (C=O) groups excluding carboxylic acids is 1. The van der Waals surface area contributed by atoms with Gasteiger partial charge in [0.2, 0.25) is 0 Å². The quantitative estimate of drug-likeness (QED) is 0.803. The largest absolute Gasteiger partial charge is 0.449 e. The number of nitrogens with two attached hydrogens (primary N) is 1. The van der Waals surface area contributed by atoms with Crippen LogP contribution < -0.4 is 5.73 Å². The highest BCUT2D eigenvalue weighted by Gasteiger charge is 2.31. The first kappa shape index (κ1) is 13.3. The Morgan fingerprint density at radius 3 is 2.75 bits per heavy atom. The Balaban J connectivity index is 2.55. The molecule has 0 saturated carbocycles. The number of hydrogen-bond donors (Lipinski definition) is 1. The minimum absolute atomic E-state index is 0.156. The van der Waals surface area contributed by atoms with E-state index in [2.05, 4.69) is 6.92 Å². The van der Waals surface area contributed by atoms with Crippen LogP contribution in [-0.4, -0.2) is 36.2 Å². The third kappa shape index (κ3) is 3.37. The van der Waals surface area contributed by atoms with E-state index in [9.17, 15) is 4.79 Å². The van der Waals surface area contributed by atoms with Crippen LogP contribution in [-0.2, 0) is 4.74 Å². The molecule has 0 spiro atoms. The zero-order valence-corrected chi connectivity index (χ0v) is 10.6. The van der Waals surface area contributed by atoms with Gasteiger partial charge in [0.25, 0.3) is 0 Å². The monoisotopic (exact) mass is 228 g/mol. The number of amides is 1. The van der Waals surface area contributed by atoms with Gasteiger partial charge >= 0.3 is 6.09 Å². The van der Waals surface area contributed by atoms with Gasteiger partial charge in [-0.15, -0.1) is 0 Å². The van der Waals surface area contributed by atoms with Gasteiger partial charge in [-0.3, -0.25) is 0 Å². The molecule has 4 heteroatoms. The predicted molar refractivity (Wildman–Crippen MR) is 64.2 cm³/mol. The van der Waals surface area contributed by atoms with Crippen LogP contribution in [0.2, 0.25) is 0 Å². The molecule has 0 aromatic heterocycles. The van der Waals surface area contributed by atoms with Gasteiger partial charge in [0.05, 0.1) is 6.61 Å². The number of carbonyl (C=O) groups is 1. The smallest absolute Gasteiger partial charge is 0.410 e. The molecule has 2 unspecified atom stereocenters. The molecule has 1 amide bonds. The Morgan fingerprint density at radius 2 is 2.19 bits per heavy atom. The van der Waals surface area contributed by atoms with Crippen LogP contribution in [0.15, 0.2) is 0 Å². The lowest BCUT2D eigenvalue weighted by Crippen LogP contribution is -2.52. The van der Waals surface area contributed by atoms with Crippen LogP contribution in [0.25, 0.3) is 0 Å². The van der Waals surface area contributed by atoms with Crippen molar-refractivity contribution in [1.82, 2.24) is 4.90 Å². The summed E-state index contributed by atoms with van der Waals surface area (Å²) in [5.74, 6) is 0.375. The van der Waals surface area contributed by atoms with Crippen molar-refractivity contribution in [1.29, 1.82) is 0 Å². The van der Waals surface area contributed by atoms with Gasteiger partial charge < -0.3 is 15.4 Å². The highest BCUT2D eigenvalue weighted by molar-refractivity contribution is 5.68. The molecular weight excluding hydrogens is 204 g/mol. The van der Waals surface area contributed by atoms with Crippen LogP contribution >= 0.6 is 0 Å². The normalized spacial score (nSPS) is 25.9. The molecule has 1 saturated heterocycles. The van der Waals surface area contributed by atoms with Crippen LogP contribution in [0.1, 0.15) is 40.0 Å². The molecule has 0 radical (unpaired) electrons. The molecule has 1 heterocycles.